The number of anilines is 1. The second kappa shape index (κ2) is 8.20. The van der Waals surface area contributed by atoms with Crippen LogP contribution in [0.5, 0.6) is 0 Å². The minimum absolute atomic E-state index is 0.115. The molecule has 0 radical (unpaired) electrons. The van der Waals surface area contributed by atoms with Crippen LogP contribution in [0.1, 0.15) is 11.1 Å². The molecule has 0 saturated carbocycles. The van der Waals surface area contributed by atoms with Gasteiger partial charge >= 0.3 is 5.69 Å². The summed E-state index contributed by atoms with van der Waals surface area (Å²) in [5.74, 6) is 0.507. The topological polar surface area (TPSA) is 72.5 Å². The fourth-order valence-corrected chi connectivity index (χ4v) is 4.70. The van der Waals surface area contributed by atoms with Crippen molar-refractivity contribution in [2.75, 3.05) is 11.4 Å². The zero-order valence-corrected chi connectivity index (χ0v) is 18.0. The van der Waals surface area contributed by atoms with Crippen LogP contribution in [-0.4, -0.2) is 31.6 Å². The van der Waals surface area contributed by atoms with Crippen molar-refractivity contribution in [3.8, 4) is 0 Å². The quantitative estimate of drug-likeness (QED) is 0.435. The van der Waals surface area contributed by atoms with Crippen molar-refractivity contribution in [1.82, 2.24) is 19.2 Å². The fraction of sp³-hybridized carbons (Fsp3) is 0.182. The largest absolute Gasteiger partial charge is 0.350 e. The molecule has 7 nitrogen and oxygen atoms in total. The third-order valence-electron chi connectivity index (χ3n) is 5.23. The number of amides is 1. The predicted molar refractivity (Wildman–Crippen MR) is 121 cm³/mol. The van der Waals surface area contributed by atoms with Crippen LogP contribution in [0.4, 0.5) is 5.69 Å². The molecule has 0 spiro atoms. The Morgan fingerprint density at radius 3 is 2.77 bits per heavy atom. The summed E-state index contributed by atoms with van der Waals surface area (Å²) in [7, 11) is 0. The van der Waals surface area contributed by atoms with Crippen LogP contribution in [0.2, 0.25) is 5.02 Å². The van der Waals surface area contributed by atoms with Gasteiger partial charge in [0.15, 0.2) is 5.65 Å². The predicted octanol–water partition coefficient (Wildman–Crippen LogP) is 3.43. The van der Waals surface area contributed by atoms with E-state index in [0.29, 0.717) is 28.0 Å². The molecule has 1 amide bonds. The molecular weight excluding hydrogens is 434 g/mol. The van der Waals surface area contributed by atoms with E-state index in [-0.39, 0.29) is 18.1 Å². The number of carbonyl (C=O) groups excluding carboxylic acids is 1. The number of hydrogen-bond donors (Lipinski definition) is 0. The van der Waals surface area contributed by atoms with Crippen LogP contribution in [0.3, 0.4) is 0 Å². The average molecular weight is 452 g/mol. The smallest absolute Gasteiger partial charge is 0.310 e. The number of aromatic nitrogens is 4. The van der Waals surface area contributed by atoms with Crippen molar-refractivity contribution < 1.29 is 4.79 Å². The van der Waals surface area contributed by atoms with Crippen LogP contribution in [0, 0.1) is 0 Å². The lowest BCUT2D eigenvalue weighted by Crippen LogP contribution is -2.35. The number of fused-ring (bicyclic) bond motifs is 2. The molecule has 1 aliphatic heterocycles. The number of halogens is 1. The zero-order chi connectivity index (χ0) is 21.4. The van der Waals surface area contributed by atoms with E-state index in [4.69, 9.17) is 11.6 Å². The summed E-state index contributed by atoms with van der Waals surface area (Å²) >= 11 is 7.42. The Labute approximate surface area is 187 Å². The van der Waals surface area contributed by atoms with Gasteiger partial charge in [0, 0.05) is 35.4 Å². The number of thioether (sulfide) groups is 1. The Morgan fingerprint density at radius 2 is 1.94 bits per heavy atom. The van der Waals surface area contributed by atoms with Gasteiger partial charge in [0.25, 0.3) is 0 Å². The van der Waals surface area contributed by atoms with Gasteiger partial charge in [-0.2, -0.15) is 0 Å². The Kier molecular flexibility index (Phi) is 5.25. The summed E-state index contributed by atoms with van der Waals surface area (Å²) < 4.78 is 2.65. The van der Waals surface area contributed by atoms with Gasteiger partial charge in [0.05, 0.1) is 0 Å². The number of hydrogen-bond acceptors (Lipinski definition) is 5. The normalized spacial score (nSPS) is 13.0. The first-order valence-electron chi connectivity index (χ1n) is 9.80. The van der Waals surface area contributed by atoms with E-state index in [1.807, 2.05) is 48.5 Å². The van der Waals surface area contributed by atoms with Crippen LogP contribution in [0.25, 0.3) is 5.65 Å². The summed E-state index contributed by atoms with van der Waals surface area (Å²) in [6.07, 6.45) is 3.96. The van der Waals surface area contributed by atoms with E-state index in [1.54, 1.807) is 17.3 Å². The highest BCUT2D eigenvalue weighted by atomic mass is 35.5. The number of benzene rings is 2. The number of rotatable bonds is 5. The molecule has 5 rings (SSSR count). The van der Waals surface area contributed by atoms with Crippen LogP contribution < -0.4 is 10.6 Å². The highest BCUT2D eigenvalue weighted by molar-refractivity contribution is 7.98. The molecule has 0 saturated heterocycles. The molecule has 4 aromatic rings. The van der Waals surface area contributed by atoms with Crippen LogP contribution >= 0.6 is 23.4 Å². The van der Waals surface area contributed by atoms with Crippen LogP contribution in [-0.2, 0) is 23.5 Å². The molecule has 1 aliphatic rings. The summed E-state index contributed by atoms with van der Waals surface area (Å²) in [6, 6.07) is 15.4. The van der Waals surface area contributed by atoms with Crippen molar-refractivity contribution in [2.45, 2.75) is 23.7 Å². The van der Waals surface area contributed by atoms with Gasteiger partial charge in [0.1, 0.15) is 11.6 Å². The lowest BCUT2D eigenvalue weighted by Gasteiger charge is -2.16. The number of carbonyl (C=O) groups is 1. The Morgan fingerprint density at radius 1 is 1.13 bits per heavy atom. The number of para-hydroxylation sites is 1. The first-order chi connectivity index (χ1) is 15.1. The Hall–Kier alpha value is -3.10. The Balaban J connectivity index is 1.38. The monoisotopic (exact) mass is 451 g/mol. The number of nitrogens with zero attached hydrogens (tertiary/aromatic N) is 5. The lowest BCUT2D eigenvalue weighted by molar-refractivity contribution is -0.119. The van der Waals surface area contributed by atoms with Crippen molar-refractivity contribution in [2.24, 2.45) is 0 Å². The van der Waals surface area contributed by atoms with Crippen molar-refractivity contribution >= 4 is 40.6 Å². The summed E-state index contributed by atoms with van der Waals surface area (Å²) in [5, 5.41) is 5.74. The highest BCUT2D eigenvalue weighted by Crippen LogP contribution is 2.28. The Bertz CT molecular complexity index is 1330. The molecule has 9 heteroatoms. The lowest BCUT2D eigenvalue weighted by atomic mass is 10.2. The standard InChI is InChI=1S/C22H18ClN5O2S/c23-17-7-5-15(6-8-17)14-31-21-20-25-28(22(30)27(20)12-10-24-21)13-19(29)26-11-9-16-3-1-2-4-18(16)26/h1-8,10,12H,9,11,13-14H2. The highest BCUT2D eigenvalue weighted by Gasteiger charge is 2.25. The maximum absolute atomic E-state index is 12.9. The average Bonchev–Trinajstić information content (AvgIpc) is 3.35. The van der Waals surface area contributed by atoms with Gasteiger partial charge in [-0.3, -0.25) is 4.79 Å². The molecule has 0 unspecified atom stereocenters. The minimum atomic E-state index is -0.355. The van der Waals surface area contributed by atoms with E-state index in [1.165, 1.54) is 20.8 Å². The molecule has 0 aliphatic carbocycles. The molecule has 2 aromatic heterocycles. The van der Waals surface area contributed by atoms with Gasteiger partial charge in [-0.05, 0) is 35.7 Å². The molecule has 0 fully saturated rings. The van der Waals surface area contributed by atoms with E-state index < -0.39 is 0 Å². The molecular formula is C22H18ClN5O2S. The second-order valence-corrected chi connectivity index (χ2v) is 8.61. The molecule has 156 valence electrons. The molecule has 3 heterocycles. The molecule has 31 heavy (non-hydrogen) atoms. The minimum Gasteiger partial charge on any atom is -0.310 e. The molecule has 0 bridgehead atoms. The van der Waals surface area contributed by atoms with Gasteiger partial charge in [-0.15, -0.1) is 5.10 Å². The maximum atomic E-state index is 12.9. The third-order valence-corrected chi connectivity index (χ3v) is 6.52. The van der Waals surface area contributed by atoms with E-state index in [2.05, 4.69) is 10.1 Å². The summed E-state index contributed by atoms with van der Waals surface area (Å²) in [5.41, 5.74) is 3.23. The van der Waals surface area contributed by atoms with Gasteiger partial charge < -0.3 is 4.90 Å². The first kappa shape index (κ1) is 19.8. The summed E-state index contributed by atoms with van der Waals surface area (Å²) in [4.78, 5) is 31.9. The van der Waals surface area contributed by atoms with E-state index >= 15 is 0 Å². The van der Waals surface area contributed by atoms with E-state index in [0.717, 1.165) is 23.2 Å². The van der Waals surface area contributed by atoms with Gasteiger partial charge in [0.2, 0.25) is 5.91 Å². The first-order valence-corrected chi connectivity index (χ1v) is 11.2. The van der Waals surface area contributed by atoms with Crippen molar-refractivity contribution in [1.29, 1.82) is 0 Å². The SMILES string of the molecule is O=C(Cn1nc2c(SCc3ccc(Cl)cc3)nccn2c1=O)N1CCc2ccccc21. The maximum Gasteiger partial charge on any atom is 0.350 e. The molecule has 0 N–H and O–H groups in total. The zero-order valence-electron chi connectivity index (χ0n) is 16.4. The van der Waals surface area contributed by atoms with Crippen molar-refractivity contribution in [3.63, 3.8) is 0 Å². The summed E-state index contributed by atoms with van der Waals surface area (Å²) in [6.45, 7) is 0.500. The van der Waals surface area contributed by atoms with Gasteiger partial charge in [-0.25, -0.2) is 18.9 Å². The molecule has 2 aromatic carbocycles. The van der Waals surface area contributed by atoms with Gasteiger partial charge in [-0.1, -0.05) is 53.7 Å². The molecule has 0 atom stereocenters. The second-order valence-electron chi connectivity index (χ2n) is 7.21. The third kappa shape index (κ3) is 3.84. The van der Waals surface area contributed by atoms with Crippen molar-refractivity contribution in [3.05, 3.63) is 87.6 Å². The fourth-order valence-electron chi connectivity index (χ4n) is 3.67. The van der Waals surface area contributed by atoms with Crippen LogP contribution in [0.15, 0.2) is 70.7 Å². The van der Waals surface area contributed by atoms with E-state index in [9.17, 15) is 9.59 Å².